The third-order valence-electron chi connectivity index (χ3n) is 2.87. The van der Waals surface area contributed by atoms with E-state index < -0.39 is 11.6 Å². The highest BCUT2D eigenvalue weighted by Gasteiger charge is 2.16. The molecule has 0 saturated heterocycles. The van der Waals surface area contributed by atoms with Crippen LogP contribution in [0.15, 0.2) is 12.1 Å². The van der Waals surface area contributed by atoms with Crippen molar-refractivity contribution in [3.63, 3.8) is 0 Å². The maximum Gasteiger partial charge on any atom is 0.129 e. The summed E-state index contributed by atoms with van der Waals surface area (Å²) >= 11 is 0. The molecule has 0 aliphatic heterocycles. The zero-order valence-electron chi connectivity index (χ0n) is 10.1. The standard InChI is InChI=1S/C13H19F2N/c1-8(2)10-6-11(9(3)4-5-16)13(15)7-12(10)14/h6-9H,4-5,16H2,1-3H3. The van der Waals surface area contributed by atoms with Crippen LogP contribution in [0.5, 0.6) is 0 Å². The summed E-state index contributed by atoms with van der Waals surface area (Å²) in [5.74, 6) is -0.841. The lowest BCUT2D eigenvalue weighted by Crippen LogP contribution is -2.08. The first-order valence-electron chi connectivity index (χ1n) is 5.66. The van der Waals surface area contributed by atoms with E-state index in [1.54, 1.807) is 6.07 Å². The number of rotatable bonds is 4. The lowest BCUT2D eigenvalue weighted by Gasteiger charge is -2.15. The Balaban J connectivity index is 3.14. The zero-order valence-corrected chi connectivity index (χ0v) is 10.1. The van der Waals surface area contributed by atoms with Crippen LogP contribution in [-0.2, 0) is 0 Å². The first-order valence-corrected chi connectivity index (χ1v) is 5.66. The van der Waals surface area contributed by atoms with E-state index >= 15 is 0 Å². The Hall–Kier alpha value is -0.960. The van der Waals surface area contributed by atoms with Crippen LogP contribution >= 0.6 is 0 Å². The summed E-state index contributed by atoms with van der Waals surface area (Å²) in [5.41, 5.74) is 6.58. The zero-order chi connectivity index (χ0) is 12.3. The van der Waals surface area contributed by atoms with Gasteiger partial charge in [-0.25, -0.2) is 8.78 Å². The monoisotopic (exact) mass is 227 g/mol. The Kier molecular flexibility index (Phi) is 4.42. The Bertz CT molecular complexity index is 361. The van der Waals surface area contributed by atoms with Gasteiger partial charge < -0.3 is 5.73 Å². The summed E-state index contributed by atoms with van der Waals surface area (Å²) in [4.78, 5) is 0. The summed E-state index contributed by atoms with van der Waals surface area (Å²) < 4.78 is 27.1. The van der Waals surface area contributed by atoms with E-state index in [2.05, 4.69) is 0 Å². The molecule has 0 aromatic heterocycles. The number of hydrogen-bond acceptors (Lipinski definition) is 1. The van der Waals surface area contributed by atoms with Gasteiger partial charge in [-0.1, -0.05) is 20.8 Å². The fourth-order valence-electron chi connectivity index (χ4n) is 1.81. The molecule has 1 atom stereocenters. The third kappa shape index (κ3) is 2.79. The van der Waals surface area contributed by atoms with Crippen LogP contribution in [0, 0.1) is 11.6 Å². The fraction of sp³-hybridized carbons (Fsp3) is 0.538. The lowest BCUT2D eigenvalue weighted by molar-refractivity contribution is 0.540. The van der Waals surface area contributed by atoms with Gasteiger partial charge in [0, 0.05) is 6.07 Å². The topological polar surface area (TPSA) is 26.0 Å². The quantitative estimate of drug-likeness (QED) is 0.836. The van der Waals surface area contributed by atoms with E-state index in [4.69, 9.17) is 5.73 Å². The van der Waals surface area contributed by atoms with Gasteiger partial charge in [-0.05, 0) is 42.0 Å². The van der Waals surface area contributed by atoms with Gasteiger partial charge in [-0.2, -0.15) is 0 Å². The molecule has 0 spiro atoms. The molecule has 2 N–H and O–H groups in total. The second-order valence-electron chi connectivity index (χ2n) is 4.53. The Morgan fingerprint density at radius 1 is 1.06 bits per heavy atom. The molecule has 1 rings (SSSR count). The van der Waals surface area contributed by atoms with Crippen molar-refractivity contribution in [2.75, 3.05) is 6.54 Å². The van der Waals surface area contributed by atoms with Crippen LogP contribution < -0.4 is 5.73 Å². The van der Waals surface area contributed by atoms with Crippen molar-refractivity contribution in [2.45, 2.75) is 39.0 Å². The molecule has 0 heterocycles. The molecule has 1 aromatic carbocycles. The van der Waals surface area contributed by atoms with Gasteiger partial charge in [0.2, 0.25) is 0 Å². The van der Waals surface area contributed by atoms with Gasteiger partial charge in [0.1, 0.15) is 11.6 Å². The number of hydrogen-bond donors (Lipinski definition) is 1. The van der Waals surface area contributed by atoms with Crippen molar-refractivity contribution in [1.29, 1.82) is 0 Å². The van der Waals surface area contributed by atoms with E-state index in [0.29, 0.717) is 24.1 Å². The van der Waals surface area contributed by atoms with Crippen molar-refractivity contribution >= 4 is 0 Å². The third-order valence-corrected chi connectivity index (χ3v) is 2.87. The molecular weight excluding hydrogens is 208 g/mol. The highest BCUT2D eigenvalue weighted by atomic mass is 19.1. The predicted molar refractivity (Wildman–Crippen MR) is 62.5 cm³/mol. The SMILES string of the molecule is CC(C)c1cc(C(C)CCN)c(F)cc1F. The van der Waals surface area contributed by atoms with Crippen LogP contribution in [0.4, 0.5) is 8.78 Å². The lowest BCUT2D eigenvalue weighted by atomic mass is 9.92. The molecule has 0 aliphatic rings. The number of benzene rings is 1. The van der Waals surface area contributed by atoms with Crippen molar-refractivity contribution in [3.05, 3.63) is 34.9 Å². The molecule has 16 heavy (non-hydrogen) atoms. The molecule has 0 fully saturated rings. The normalized spacial score (nSPS) is 13.2. The highest BCUT2D eigenvalue weighted by molar-refractivity contribution is 5.31. The fourth-order valence-corrected chi connectivity index (χ4v) is 1.81. The van der Waals surface area contributed by atoms with Gasteiger partial charge in [-0.3, -0.25) is 0 Å². The van der Waals surface area contributed by atoms with E-state index in [-0.39, 0.29) is 11.8 Å². The smallest absolute Gasteiger partial charge is 0.129 e. The van der Waals surface area contributed by atoms with Crippen LogP contribution in [0.1, 0.15) is 50.2 Å². The number of halogens is 2. The van der Waals surface area contributed by atoms with Crippen molar-refractivity contribution < 1.29 is 8.78 Å². The van der Waals surface area contributed by atoms with E-state index in [1.165, 1.54) is 0 Å². The van der Waals surface area contributed by atoms with Crippen LogP contribution in [-0.4, -0.2) is 6.54 Å². The Morgan fingerprint density at radius 2 is 1.62 bits per heavy atom. The summed E-state index contributed by atoms with van der Waals surface area (Å²) in [6.45, 7) is 6.21. The molecular formula is C13H19F2N. The summed E-state index contributed by atoms with van der Waals surface area (Å²) in [6.07, 6.45) is 0.708. The van der Waals surface area contributed by atoms with E-state index in [1.807, 2.05) is 20.8 Å². The van der Waals surface area contributed by atoms with E-state index in [0.717, 1.165) is 6.07 Å². The average molecular weight is 227 g/mol. The first-order chi connectivity index (χ1) is 7.47. The molecule has 1 unspecified atom stereocenters. The molecule has 1 aromatic rings. The van der Waals surface area contributed by atoms with Crippen molar-refractivity contribution in [3.8, 4) is 0 Å². The van der Waals surface area contributed by atoms with Crippen LogP contribution in [0.3, 0.4) is 0 Å². The minimum absolute atomic E-state index is 0.0306. The minimum Gasteiger partial charge on any atom is -0.330 e. The molecule has 0 radical (unpaired) electrons. The van der Waals surface area contributed by atoms with Gasteiger partial charge in [0.25, 0.3) is 0 Å². The van der Waals surface area contributed by atoms with Gasteiger partial charge >= 0.3 is 0 Å². The maximum atomic E-state index is 13.6. The Labute approximate surface area is 95.7 Å². The first kappa shape index (κ1) is 13.1. The van der Waals surface area contributed by atoms with Gasteiger partial charge in [0.15, 0.2) is 0 Å². The molecule has 3 heteroatoms. The number of nitrogens with two attached hydrogens (primary N) is 1. The van der Waals surface area contributed by atoms with E-state index in [9.17, 15) is 8.78 Å². The summed E-state index contributed by atoms with van der Waals surface area (Å²) in [6, 6.07) is 2.62. The molecule has 0 saturated carbocycles. The summed E-state index contributed by atoms with van der Waals surface area (Å²) in [7, 11) is 0. The highest BCUT2D eigenvalue weighted by Crippen LogP contribution is 2.28. The summed E-state index contributed by atoms with van der Waals surface area (Å²) in [5, 5.41) is 0. The molecule has 0 aliphatic carbocycles. The van der Waals surface area contributed by atoms with Gasteiger partial charge in [-0.15, -0.1) is 0 Å². The molecule has 1 nitrogen and oxygen atoms in total. The Morgan fingerprint density at radius 3 is 2.12 bits per heavy atom. The molecule has 0 amide bonds. The molecule has 90 valence electrons. The predicted octanol–water partition coefficient (Wildman–Crippen LogP) is 3.54. The largest absolute Gasteiger partial charge is 0.330 e. The maximum absolute atomic E-state index is 13.6. The second-order valence-corrected chi connectivity index (χ2v) is 4.53. The van der Waals surface area contributed by atoms with Crippen molar-refractivity contribution in [1.82, 2.24) is 0 Å². The van der Waals surface area contributed by atoms with Gasteiger partial charge in [0.05, 0.1) is 0 Å². The van der Waals surface area contributed by atoms with Crippen LogP contribution in [0.25, 0.3) is 0 Å². The molecule has 0 bridgehead atoms. The van der Waals surface area contributed by atoms with Crippen LogP contribution in [0.2, 0.25) is 0 Å². The minimum atomic E-state index is -0.470. The average Bonchev–Trinajstić information content (AvgIpc) is 2.17. The second kappa shape index (κ2) is 5.39. The van der Waals surface area contributed by atoms with Crippen molar-refractivity contribution in [2.24, 2.45) is 5.73 Å².